The van der Waals surface area contributed by atoms with Crippen molar-refractivity contribution in [2.45, 2.75) is 19.9 Å². The predicted molar refractivity (Wildman–Crippen MR) is 71.7 cm³/mol. The van der Waals surface area contributed by atoms with E-state index in [-0.39, 0.29) is 0 Å². The summed E-state index contributed by atoms with van der Waals surface area (Å²) in [6.07, 6.45) is 4.71. The number of imidazole rings is 1. The molecule has 18 heavy (non-hydrogen) atoms. The molecule has 0 unspecified atom stereocenters. The van der Waals surface area contributed by atoms with Crippen molar-refractivity contribution in [3.05, 3.63) is 48.0 Å². The van der Waals surface area contributed by atoms with Crippen molar-refractivity contribution in [3.63, 3.8) is 0 Å². The van der Waals surface area contributed by atoms with Crippen molar-refractivity contribution in [1.29, 1.82) is 0 Å². The Bertz CT molecular complexity index is 493. The number of aromatic nitrogens is 2. The van der Waals surface area contributed by atoms with Gasteiger partial charge in [-0.25, -0.2) is 4.98 Å². The molecule has 0 saturated carbocycles. The van der Waals surface area contributed by atoms with E-state index in [2.05, 4.69) is 21.7 Å². The van der Waals surface area contributed by atoms with Crippen LogP contribution in [0.2, 0.25) is 0 Å². The maximum absolute atomic E-state index is 5.51. The smallest absolute Gasteiger partial charge is 0.119 e. The lowest BCUT2D eigenvalue weighted by atomic mass is 10.2. The number of benzene rings is 1. The third-order valence-electron chi connectivity index (χ3n) is 2.66. The van der Waals surface area contributed by atoms with Gasteiger partial charge in [-0.3, -0.25) is 0 Å². The molecule has 0 bridgehead atoms. The molecule has 1 aromatic carbocycles. The average Bonchev–Trinajstić information content (AvgIpc) is 2.78. The summed E-state index contributed by atoms with van der Waals surface area (Å²) in [6, 6.07) is 8.13. The highest BCUT2D eigenvalue weighted by atomic mass is 16.5. The lowest BCUT2D eigenvalue weighted by molar-refractivity contribution is 0.340. The normalized spacial score (nSPS) is 10.6. The molecule has 0 aliphatic carbocycles. The minimum atomic E-state index is 0.636. The Morgan fingerprint density at radius 2 is 2.28 bits per heavy atom. The molecule has 2 aromatic rings. The summed E-state index contributed by atoms with van der Waals surface area (Å²) < 4.78 is 7.55. The second-order valence-corrected chi connectivity index (χ2v) is 4.16. The molecule has 4 nitrogen and oxygen atoms in total. The SMILES string of the molecule is CCOc1cccc(Cn2cnc(CCN)c2)c1. The Kier molecular flexibility index (Phi) is 4.36. The zero-order chi connectivity index (χ0) is 12.8. The van der Waals surface area contributed by atoms with Gasteiger partial charge in [0.05, 0.1) is 18.6 Å². The van der Waals surface area contributed by atoms with Gasteiger partial charge < -0.3 is 15.0 Å². The molecule has 0 aliphatic heterocycles. The third-order valence-corrected chi connectivity index (χ3v) is 2.66. The van der Waals surface area contributed by atoms with E-state index in [0.717, 1.165) is 24.4 Å². The van der Waals surface area contributed by atoms with Crippen LogP contribution in [0.3, 0.4) is 0 Å². The van der Waals surface area contributed by atoms with E-state index in [1.807, 2.05) is 31.6 Å². The summed E-state index contributed by atoms with van der Waals surface area (Å²) in [5.74, 6) is 0.914. The van der Waals surface area contributed by atoms with Gasteiger partial charge >= 0.3 is 0 Å². The van der Waals surface area contributed by atoms with E-state index >= 15 is 0 Å². The molecule has 96 valence electrons. The van der Waals surface area contributed by atoms with Gasteiger partial charge in [0.2, 0.25) is 0 Å². The minimum absolute atomic E-state index is 0.636. The summed E-state index contributed by atoms with van der Waals surface area (Å²) in [6.45, 7) is 4.12. The lowest BCUT2D eigenvalue weighted by Crippen LogP contribution is -2.03. The van der Waals surface area contributed by atoms with Crippen molar-refractivity contribution in [2.24, 2.45) is 5.73 Å². The molecule has 1 heterocycles. The highest BCUT2D eigenvalue weighted by molar-refractivity contribution is 5.28. The first-order valence-corrected chi connectivity index (χ1v) is 6.24. The van der Waals surface area contributed by atoms with E-state index in [9.17, 15) is 0 Å². The molecule has 2 rings (SSSR count). The number of nitrogens with two attached hydrogens (primary N) is 1. The van der Waals surface area contributed by atoms with Crippen molar-refractivity contribution >= 4 is 0 Å². The standard InChI is InChI=1S/C14H19N3O/c1-2-18-14-5-3-4-12(8-14)9-17-10-13(6-7-15)16-11-17/h3-5,8,10-11H,2,6-7,9,15H2,1H3. The maximum Gasteiger partial charge on any atom is 0.119 e. The van der Waals surface area contributed by atoms with Crippen LogP contribution in [-0.4, -0.2) is 22.7 Å². The quantitative estimate of drug-likeness (QED) is 0.844. The molecule has 0 aliphatic rings. The average molecular weight is 245 g/mol. The number of hydrogen-bond donors (Lipinski definition) is 1. The third kappa shape index (κ3) is 3.34. The molecule has 1 aromatic heterocycles. The minimum Gasteiger partial charge on any atom is -0.494 e. The second kappa shape index (κ2) is 6.21. The van der Waals surface area contributed by atoms with Crippen LogP contribution >= 0.6 is 0 Å². The first-order chi connectivity index (χ1) is 8.81. The molecular formula is C14H19N3O. The van der Waals surface area contributed by atoms with Gasteiger partial charge in [0, 0.05) is 19.2 Å². The molecule has 4 heteroatoms. The Morgan fingerprint density at radius 3 is 3.06 bits per heavy atom. The zero-order valence-corrected chi connectivity index (χ0v) is 10.7. The molecule has 0 fully saturated rings. The summed E-state index contributed by atoms with van der Waals surface area (Å²) in [7, 11) is 0. The van der Waals surface area contributed by atoms with Crippen molar-refractivity contribution in [2.75, 3.05) is 13.2 Å². The summed E-state index contributed by atoms with van der Waals surface area (Å²) >= 11 is 0. The fourth-order valence-corrected chi connectivity index (χ4v) is 1.88. The summed E-state index contributed by atoms with van der Waals surface area (Å²) in [5.41, 5.74) is 7.76. The first-order valence-electron chi connectivity index (χ1n) is 6.24. The van der Waals surface area contributed by atoms with Crippen molar-refractivity contribution < 1.29 is 4.74 Å². The van der Waals surface area contributed by atoms with E-state index in [0.29, 0.717) is 13.2 Å². The zero-order valence-electron chi connectivity index (χ0n) is 10.7. The number of nitrogens with zero attached hydrogens (tertiary/aromatic N) is 2. The maximum atomic E-state index is 5.51. The van der Waals surface area contributed by atoms with Gasteiger partial charge in [0.15, 0.2) is 0 Å². The van der Waals surface area contributed by atoms with Gasteiger partial charge in [-0.15, -0.1) is 0 Å². The Balaban J connectivity index is 2.05. The monoisotopic (exact) mass is 245 g/mol. The van der Waals surface area contributed by atoms with E-state index in [1.165, 1.54) is 5.56 Å². The van der Waals surface area contributed by atoms with Gasteiger partial charge in [-0.2, -0.15) is 0 Å². The van der Waals surface area contributed by atoms with Crippen LogP contribution in [0.5, 0.6) is 5.75 Å². The van der Waals surface area contributed by atoms with E-state index in [1.54, 1.807) is 0 Å². The van der Waals surface area contributed by atoms with E-state index < -0.39 is 0 Å². The largest absolute Gasteiger partial charge is 0.494 e. The van der Waals surface area contributed by atoms with Crippen LogP contribution in [0, 0.1) is 0 Å². The molecule has 0 spiro atoms. The Labute approximate surface area is 107 Å². The van der Waals surface area contributed by atoms with Crippen molar-refractivity contribution in [3.8, 4) is 5.75 Å². The van der Waals surface area contributed by atoms with E-state index in [4.69, 9.17) is 10.5 Å². The van der Waals surface area contributed by atoms with Crippen LogP contribution < -0.4 is 10.5 Å². The van der Waals surface area contributed by atoms with Gasteiger partial charge in [0.25, 0.3) is 0 Å². The van der Waals surface area contributed by atoms with Crippen LogP contribution in [0.15, 0.2) is 36.8 Å². The second-order valence-electron chi connectivity index (χ2n) is 4.16. The molecule has 0 atom stereocenters. The predicted octanol–water partition coefficient (Wildman–Crippen LogP) is 1.83. The molecular weight excluding hydrogens is 226 g/mol. The number of hydrogen-bond acceptors (Lipinski definition) is 3. The number of rotatable bonds is 6. The van der Waals surface area contributed by atoms with Crippen molar-refractivity contribution in [1.82, 2.24) is 9.55 Å². The van der Waals surface area contributed by atoms with Crippen LogP contribution in [-0.2, 0) is 13.0 Å². The number of ether oxygens (including phenoxy) is 1. The highest BCUT2D eigenvalue weighted by Crippen LogP contribution is 2.14. The summed E-state index contributed by atoms with van der Waals surface area (Å²) in [4.78, 5) is 4.31. The van der Waals surface area contributed by atoms with Gasteiger partial charge in [-0.05, 0) is 31.2 Å². The Morgan fingerprint density at radius 1 is 1.39 bits per heavy atom. The first kappa shape index (κ1) is 12.6. The van der Waals surface area contributed by atoms with Gasteiger partial charge in [0.1, 0.15) is 5.75 Å². The fraction of sp³-hybridized carbons (Fsp3) is 0.357. The lowest BCUT2D eigenvalue weighted by Gasteiger charge is -2.06. The Hall–Kier alpha value is -1.81. The summed E-state index contributed by atoms with van der Waals surface area (Å²) in [5, 5.41) is 0. The molecule has 2 N–H and O–H groups in total. The van der Waals surface area contributed by atoms with Crippen LogP contribution in [0.4, 0.5) is 0 Å². The van der Waals surface area contributed by atoms with Crippen LogP contribution in [0.25, 0.3) is 0 Å². The fourth-order valence-electron chi connectivity index (χ4n) is 1.88. The molecule has 0 amide bonds. The molecule has 0 radical (unpaired) electrons. The van der Waals surface area contributed by atoms with Crippen LogP contribution in [0.1, 0.15) is 18.2 Å². The molecule has 0 saturated heterocycles. The topological polar surface area (TPSA) is 53.1 Å². The van der Waals surface area contributed by atoms with Gasteiger partial charge in [-0.1, -0.05) is 12.1 Å². The highest BCUT2D eigenvalue weighted by Gasteiger charge is 2.00.